The van der Waals surface area contributed by atoms with Gasteiger partial charge >= 0.3 is 0 Å². The Kier molecular flexibility index (Phi) is 4.99. The molecule has 1 aromatic carbocycles. The van der Waals surface area contributed by atoms with E-state index in [1.54, 1.807) is 0 Å². The Bertz CT molecular complexity index is 361. The van der Waals surface area contributed by atoms with E-state index in [-0.39, 0.29) is 5.91 Å². The zero-order valence-corrected chi connectivity index (χ0v) is 10.3. The number of carbonyl (C=O) groups excluding carboxylic acids is 1. The fourth-order valence-electron chi connectivity index (χ4n) is 1.47. The lowest BCUT2D eigenvalue weighted by Crippen LogP contribution is -2.29. The SMILES string of the molecule is CC(=O)NCCNCc1ccc(C)c(C)c1. The molecular formula is C13H20N2O. The van der Waals surface area contributed by atoms with Gasteiger partial charge in [0, 0.05) is 26.6 Å². The third kappa shape index (κ3) is 4.45. The Morgan fingerprint density at radius 3 is 2.56 bits per heavy atom. The number of benzene rings is 1. The van der Waals surface area contributed by atoms with Gasteiger partial charge in [0.15, 0.2) is 0 Å². The molecule has 0 fully saturated rings. The molecular weight excluding hydrogens is 200 g/mol. The maximum absolute atomic E-state index is 10.6. The molecule has 0 saturated heterocycles. The van der Waals surface area contributed by atoms with Crippen LogP contribution in [0.25, 0.3) is 0 Å². The van der Waals surface area contributed by atoms with Crippen LogP contribution in [-0.4, -0.2) is 19.0 Å². The molecule has 0 heterocycles. The van der Waals surface area contributed by atoms with Crippen molar-refractivity contribution >= 4 is 5.91 Å². The Hall–Kier alpha value is -1.35. The van der Waals surface area contributed by atoms with Gasteiger partial charge in [0.1, 0.15) is 0 Å². The number of hydrogen-bond donors (Lipinski definition) is 2. The number of aryl methyl sites for hydroxylation is 2. The third-order valence-corrected chi connectivity index (χ3v) is 2.58. The lowest BCUT2D eigenvalue weighted by Gasteiger charge is -2.07. The van der Waals surface area contributed by atoms with Crippen molar-refractivity contribution in [2.75, 3.05) is 13.1 Å². The molecule has 88 valence electrons. The van der Waals surface area contributed by atoms with Crippen molar-refractivity contribution < 1.29 is 4.79 Å². The quantitative estimate of drug-likeness (QED) is 0.739. The summed E-state index contributed by atoms with van der Waals surface area (Å²) in [6, 6.07) is 6.47. The van der Waals surface area contributed by atoms with Crippen LogP contribution in [0.4, 0.5) is 0 Å². The van der Waals surface area contributed by atoms with E-state index in [4.69, 9.17) is 0 Å². The zero-order valence-electron chi connectivity index (χ0n) is 10.3. The second-order valence-corrected chi connectivity index (χ2v) is 4.08. The molecule has 3 heteroatoms. The van der Waals surface area contributed by atoms with Gasteiger partial charge in [-0.25, -0.2) is 0 Å². The number of hydrogen-bond acceptors (Lipinski definition) is 2. The van der Waals surface area contributed by atoms with Crippen LogP contribution < -0.4 is 10.6 Å². The molecule has 16 heavy (non-hydrogen) atoms. The van der Waals surface area contributed by atoms with Crippen LogP contribution in [-0.2, 0) is 11.3 Å². The van der Waals surface area contributed by atoms with Crippen molar-refractivity contribution in [1.29, 1.82) is 0 Å². The molecule has 0 aliphatic heterocycles. The van der Waals surface area contributed by atoms with E-state index in [9.17, 15) is 4.79 Å². The van der Waals surface area contributed by atoms with Crippen LogP contribution in [0, 0.1) is 13.8 Å². The van der Waals surface area contributed by atoms with Crippen molar-refractivity contribution in [2.45, 2.75) is 27.3 Å². The molecule has 0 aliphatic carbocycles. The predicted molar refractivity (Wildman–Crippen MR) is 66.3 cm³/mol. The molecule has 1 rings (SSSR count). The predicted octanol–water partition coefficient (Wildman–Crippen LogP) is 1.53. The van der Waals surface area contributed by atoms with Gasteiger partial charge in [-0.05, 0) is 30.5 Å². The van der Waals surface area contributed by atoms with Crippen molar-refractivity contribution in [1.82, 2.24) is 10.6 Å². The summed E-state index contributed by atoms with van der Waals surface area (Å²) < 4.78 is 0. The Morgan fingerprint density at radius 1 is 1.19 bits per heavy atom. The molecule has 1 aromatic rings. The minimum atomic E-state index is 0.0213. The summed E-state index contributed by atoms with van der Waals surface area (Å²) in [5.41, 5.74) is 3.93. The summed E-state index contributed by atoms with van der Waals surface area (Å²) in [6.07, 6.45) is 0. The first-order chi connectivity index (χ1) is 7.59. The Balaban J connectivity index is 2.27. The highest BCUT2D eigenvalue weighted by atomic mass is 16.1. The maximum Gasteiger partial charge on any atom is 0.216 e. The van der Waals surface area contributed by atoms with Gasteiger partial charge in [-0.1, -0.05) is 18.2 Å². The van der Waals surface area contributed by atoms with Crippen LogP contribution in [0.15, 0.2) is 18.2 Å². The average molecular weight is 220 g/mol. The number of nitrogens with one attached hydrogen (secondary N) is 2. The monoisotopic (exact) mass is 220 g/mol. The number of amides is 1. The van der Waals surface area contributed by atoms with E-state index in [2.05, 4.69) is 42.7 Å². The summed E-state index contributed by atoms with van der Waals surface area (Å²) in [5, 5.41) is 6.04. The van der Waals surface area contributed by atoms with E-state index in [0.717, 1.165) is 13.1 Å². The number of rotatable bonds is 5. The first kappa shape index (κ1) is 12.7. The van der Waals surface area contributed by atoms with Crippen molar-refractivity contribution in [3.8, 4) is 0 Å². The second-order valence-electron chi connectivity index (χ2n) is 4.08. The number of carbonyl (C=O) groups is 1. The molecule has 0 aliphatic rings. The summed E-state index contributed by atoms with van der Waals surface area (Å²) in [5.74, 6) is 0.0213. The van der Waals surface area contributed by atoms with Gasteiger partial charge in [0.25, 0.3) is 0 Å². The normalized spacial score (nSPS) is 10.2. The summed E-state index contributed by atoms with van der Waals surface area (Å²) in [7, 11) is 0. The molecule has 0 bridgehead atoms. The summed E-state index contributed by atoms with van der Waals surface area (Å²) in [4.78, 5) is 10.6. The lowest BCUT2D eigenvalue weighted by molar-refractivity contribution is -0.118. The van der Waals surface area contributed by atoms with Gasteiger partial charge in [0.2, 0.25) is 5.91 Å². The maximum atomic E-state index is 10.6. The molecule has 0 radical (unpaired) electrons. The van der Waals surface area contributed by atoms with E-state index < -0.39 is 0 Å². The van der Waals surface area contributed by atoms with E-state index in [1.165, 1.54) is 23.6 Å². The van der Waals surface area contributed by atoms with Gasteiger partial charge in [-0.3, -0.25) is 4.79 Å². The van der Waals surface area contributed by atoms with Crippen molar-refractivity contribution in [3.05, 3.63) is 34.9 Å². The first-order valence-electron chi connectivity index (χ1n) is 5.61. The minimum absolute atomic E-state index is 0.0213. The van der Waals surface area contributed by atoms with Crippen molar-refractivity contribution in [3.63, 3.8) is 0 Å². The van der Waals surface area contributed by atoms with Crippen LogP contribution in [0.3, 0.4) is 0 Å². The molecule has 0 unspecified atom stereocenters. The van der Waals surface area contributed by atoms with Crippen LogP contribution in [0.2, 0.25) is 0 Å². The second kappa shape index (κ2) is 6.28. The fourth-order valence-corrected chi connectivity index (χ4v) is 1.47. The van der Waals surface area contributed by atoms with Gasteiger partial charge < -0.3 is 10.6 Å². The highest BCUT2D eigenvalue weighted by molar-refractivity contribution is 5.72. The van der Waals surface area contributed by atoms with E-state index in [0.29, 0.717) is 6.54 Å². The summed E-state index contributed by atoms with van der Waals surface area (Å²) >= 11 is 0. The molecule has 0 aromatic heterocycles. The fraction of sp³-hybridized carbons (Fsp3) is 0.462. The van der Waals surface area contributed by atoms with Crippen LogP contribution in [0.5, 0.6) is 0 Å². The highest BCUT2D eigenvalue weighted by Crippen LogP contribution is 2.09. The molecule has 3 nitrogen and oxygen atoms in total. The Morgan fingerprint density at radius 2 is 1.94 bits per heavy atom. The highest BCUT2D eigenvalue weighted by Gasteiger charge is 1.96. The molecule has 0 saturated carbocycles. The van der Waals surface area contributed by atoms with E-state index in [1.807, 2.05) is 0 Å². The Labute approximate surface area is 97.2 Å². The van der Waals surface area contributed by atoms with Gasteiger partial charge in [-0.2, -0.15) is 0 Å². The lowest BCUT2D eigenvalue weighted by atomic mass is 10.1. The molecule has 2 N–H and O–H groups in total. The minimum Gasteiger partial charge on any atom is -0.355 e. The standard InChI is InChI=1S/C13H20N2O/c1-10-4-5-13(8-11(10)2)9-14-6-7-15-12(3)16/h4-5,8,14H,6-7,9H2,1-3H3,(H,15,16). The smallest absolute Gasteiger partial charge is 0.216 e. The van der Waals surface area contributed by atoms with Crippen LogP contribution in [0.1, 0.15) is 23.6 Å². The molecule has 0 atom stereocenters. The molecule has 0 spiro atoms. The average Bonchev–Trinajstić information content (AvgIpc) is 2.22. The third-order valence-electron chi connectivity index (χ3n) is 2.58. The van der Waals surface area contributed by atoms with E-state index >= 15 is 0 Å². The van der Waals surface area contributed by atoms with Gasteiger partial charge in [-0.15, -0.1) is 0 Å². The molecule has 1 amide bonds. The first-order valence-corrected chi connectivity index (χ1v) is 5.61. The van der Waals surface area contributed by atoms with Crippen LogP contribution >= 0.6 is 0 Å². The van der Waals surface area contributed by atoms with Crippen molar-refractivity contribution in [2.24, 2.45) is 0 Å². The topological polar surface area (TPSA) is 41.1 Å². The zero-order chi connectivity index (χ0) is 12.0. The largest absolute Gasteiger partial charge is 0.355 e. The summed E-state index contributed by atoms with van der Waals surface area (Å²) in [6.45, 7) is 8.09. The van der Waals surface area contributed by atoms with Gasteiger partial charge in [0.05, 0.1) is 0 Å².